The van der Waals surface area contributed by atoms with Crippen LogP contribution in [0.2, 0.25) is 0 Å². The van der Waals surface area contributed by atoms with Crippen LogP contribution in [0.15, 0.2) is 45.4 Å². The fourth-order valence-corrected chi connectivity index (χ4v) is 3.32. The van der Waals surface area contributed by atoms with Crippen molar-refractivity contribution in [2.24, 2.45) is 14.1 Å². The smallest absolute Gasteiger partial charge is 0.337 e. The number of carbonyl (C=O) groups is 1. The second-order valence-corrected chi connectivity index (χ2v) is 6.81. The van der Waals surface area contributed by atoms with Crippen LogP contribution in [-0.2, 0) is 23.6 Å². The molecule has 2 aromatic heterocycles. The number of nitrogens with zero attached hydrogens (tertiary/aromatic N) is 3. The third-order valence-corrected chi connectivity index (χ3v) is 4.57. The number of ether oxygens (including phenoxy) is 1. The summed E-state index contributed by atoms with van der Waals surface area (Å²) < 4.78 is 7.82. The van der Waals surface area contributed by atoms with Gasteiger partial charge < -0.3 is 10.1 Å². The van der Waals surface area contributed by atoms with Crippen molar-refractivity contribution in [3.05, 3.63) is 67.8 Å². The van der Waals surface area contributed by atoms with Gasteiger partial charge in [0, 0.05) is 32.2 Å². The van der Waals surface area contributed by atoms with Crippen molar-refractivity contribution in [3.8, 4) is 0 Å². The fraction of sp³-hybridized carbons (Fsp3) is 0.368. The van der Waals surface area contributed by atoms with Gasteiger partial charge in [0.15, 0.2) is 0 Å². The van der Waals surface area contributed by atoms with E-state index in [1.54, 1.807) is 52.3 Å². The Morgan fingerprint density at radius 3 is 2.56 bits per heavy atom. The summed E-state index contributed by atoms with van der Waals surface area (Å²) in [7, 11) is 3.00. The van der Waals surface area contributed by atoms with E-state index in [9.17, 15) is 14.4 Å². The lowest BCUT2D eigenvalue weighted by atomic mass is 9.83. The fourth-order valence-electron chi connectivity index (χ4n) is 3.32. The maximum atomic E-state index is 13.0. The van der Waals surface area contributed by atoms with Crippen molar-refractivity contribution in [2.75, 3.05) is 5.32 Å². The summed E-state index contributed by atoms with van der Waals surface area (Å²) in [6.07, 6.45) is 2.92. The van der Waals surface area contributed by atoms with Gasteiger partial charge in [0.25, 0.3) is 5.56 Å². The summed E-state index contributed by atoms with van der Waals surface area (Å²) in [5.41, 5.74) is 0.944. The minimum Gasteiger partial charge on any atom is -0.460 e. The molecule has 142 valence electrons. The Kier molecular flexibility index (Phi) is 4.73. The van der Waals surface area contributed by atoms with Crippen LogP contribution in [0.5, 0.6) is 0 Å². The molecule has 2 aromatic rings. The van der Waals surface area contributed by atoms with Gasteiger partial charge >= 0.3 is 11.7 Å². The van der Waals surface area contributed by atoms with Gasteiger partial charge in [-0.2, -0.15) is 0 Å². The maximum Gasteiger partial charge on any atom is 0.337 e. The molecule has 0 spiro atoms. The summed E-state index contributed by atoms with van der Waals surface area (Å²) >= 11 is 0. The number of fused-ring (bicyclic) bond motifs is 1. The highest BCUT2D eigenvalue weighted by atomic mass is 16.5. The summed E-state index contributed by atoms with van der Waals surface area (Å²) in [5.74, 6) is -0.826. The first-order valence-electron chi connectivity index (χ1n) is 8.62. The van der Waals surface area contributed by atoms with E-state index in [2.05, 4.69) is 10.3 Å². The van der Waals surface area contributed by atoms with Gasteiger partial charge in [0.2, 0.25) is 0 Å². The molecule has 0 aliphatic carbocycles. The van der Waals surface area contributed by atoms with Crippen molar-refractivity contribution in [2.45, 2.75) is 32.8 Å². The first-order chi connectivity index (χ1) is 12.7. The zero-order valence-corrected chi connectivity index (χ0v) is 15.9. The van der Waals surface area contributed by atoms with Crippen molar-refractivity contribution in [1.82, 2.24) is 14.1 Å². The second kappa shape index (κ2) is 6.86. The van der Waals surface area contributed by atoms with E-state index in [-0.39, 0.29) is 6.10 Å². The number of aromatic nitrogens is 3. The van der Waals surface area contributed by atoms with Crippen LogP contribution < -0.4 is 16.6 Å². The van der Waals surface area contributed by atoms with Crippen LogP contribution in [0.3, 0.4) is 0 Å². The molecule has 1 unspecified atom stereocenters. The molecule has 0 bridgehead atoms. The highest BCUT2D eigenvalue weighted by molar-refractivity contribution is 5.94. The number of anilines is 1. The third kappa shape index (κ3) is 3.07. The molecule has 0 saturated heterocycles. The highest BCUT2D eigenvalue weighted by Crippen LogP contribution is 2.39. The van der Waals surface area contributed by atoms with E-state index >= 15 is 0 Å². The van der Waals surface area contributed by atoms with Crippen LogP contribution in [0.25, 0.3) is 0 Å². The molecule has 0 saturated carbocycles. The standard InChI is InChI=1S/C19H22N4O4/c1-10(2)27-18(25)13-11(3)21-16-15(14(13)12-7-6-8-20-9-12)17(24)23(5)19(26)22(16)4/h6-10,14,21H,1-5H3. The zero-order valence-electron chi connectivity index (χ0n) is 15.9. The van der Waals surface area contributed by atoms with E-state index in [0.717, 1.165) is 4.57 Å². The number of hydrogen-bond acceptors (Lipinski definition) is 6. The molecule has 0 aromatic carbocycles. The zero-order chi connectivity index (χ0) is 19.9. The summed E-state index contributed by atoms with van der Waals surface area (Å²) in [5, 5.41) is 3.05. The molecule has 8 nitrogen and oxygen atoms in total. The molecule has 27 heavy (non-hydrogen) atoms. The molecule has 1 aliphatic heterocycles. The third-order valence-electron chi connectivity index (χ3n) is 4.57. The van der Waals surface area contributed by atoms with Crippen LogP contribution in [-0.4, -0.2) is 26.2 Å². The van der Waals surface area contributed by atoms with Gasteiger partial charge in [0.1, 0.15) is 5.82 Å². The number of pyridine rings is 1. The van der Waals surface area contributed by atoms with Crippen molar-refractivity contribution in [3.63, 3.8) is 0 Å². The van der Waals surface area contributed by atoms with Crippen LogP contribution >= 0.6 is 0 Å². The number of allylic oxidation sites excluding steroid dienone is 1. The molecular weight excluding hydrogens is 348 g/mol. The van der Waals surface area contributed by atoms with Gasteiger partial charge in [-0.25, -0.2) is 9.59 Å². The molecule has 3 heterocycles. The Morgan fingerprint density at radius 2 is 1.96 bits per heavy atom. The predicted octanol–water partition coefficient (Wildman–Crippen LogP) is 1.26. The minimum atomic E-state index is -0.688. The van der Waals surface area contributed by atoms with Gasteiger partial charge in [-0.3, -0.25) is 18.9 Å². The molecule has 3 rings (SSSR count). The molecule has 0 fully saturated rings. The largest absolute Gasteiger partial charge is 0.460 e. The number of esters is 1. The average Bonchev–Trinajstić information content (AvgIpc) is 2.63. The Hall–Kier alpha value is -3.16. The Bertz CT molecular complexity index is 1050. The molecule has 0 amide bonds. The summed E-state index contributed by atoms with van der Waals surface area (Å²) in [6, 6.07) is 3.54. The number of nitrogens with one attached hydrogen (secondary N) is 1. The second-order valence-electron chi connectivity index (χ2n) is 6.81. The van der Waals surface area contributed by atoms with Crippen LogP contribution in [0.4, 0.5) is 5.82 Å². The van der Waals surface area contributed by atoms with Gasteiger partial charge in [-0.05, 0) is 32.4 Å². The lowest BCUT2D eigenvalue weighted by molar-refractivity contribution is -0.143. The van der Waals surface area contributed by atoms with E-state index in [1.165, 1.54) is 11.6 Å². The number of rotatable bonds is 3. The Morgan fingerprint density at radius 1 is 1.26 bits per heavy atom. The van der Waals surface area contributed by atoms with Crippen LogP contribution in [0, 0.1) is 0 Å². The van der Waals surface area contributed by atoms with Crippen molar-refractivity contribution in [1.29, 1.82) is 0 Å². The number of carbonyl (C=O) groups excluding carboxylic acids is 1. The number of hydrogen-bond donors (Lipinski definition) is 1. The predicted molar refractivity (Wildman–Crippen MR) is 101 cm³/mol. The first-order valence-corrected chi connectivity index (χ1v) is 8.62. The lowest BCUT2D eigenvalue weighted by Crippen LogP contribution is -2.43. The first kappa shape index (κ1) is 18.6. The normalized spacial score (nSPS) is 16.1. The Labute approximate surface area is 156 Å². The topological polar surface area (TPSA) is 95.2 Å². The lowest BCUT2D eigenvalue weighted by Gasteiger charge is -2.31. The molecule has 0 radical (unpaired) electrons. The Balaban J connectivity index is 2.35. The summed E-state index contributed by atoms with van der Waals surface area (Å²) in [4.78, 5) is 42.3. The minimum absolute atomic E-state index is 0.309. The quantitative estimate of drug-likeness (QED) is 0.818. The molecule has 1 atom stereocenters. The molecular formula is C19H22N4O4. The van der Waals surface area contributed by atoms with E-state index in [4.69, 9.17) is 4.74 Å². The van der Waals surface area contributed by atoms with Crippen molar-refractivity contribution < 1.29 is 9.53 Å². The van der Waals surface area contributed by atoms with Gasteiger partial charge in [0.05, 0.1) is 23.2 Å². The van der Waals surface area contributed by atoms with E-state index in [1.807, 2.05) is 0 Å². The monoisotopic (exact) mass is 370 g/mol. The molecule has 8 heteroatoms. The van der Waals surface area contributed by atoms with E-state index < -0.39 is 23.1 Å². The van der Waals surface area contributed by atoms with Gasteiger partial charge in [-0.15, -0.1) is 0 Å². The molecule has 1 aliphatic rings. The van der Waals surface area contributed by atoms with Crippen molar-refractivity contribution >= 4 is 11.8 Å². The highest BCUT2D eigenvalue weighted by Gasteiger charge is 2.37. The van der Waals surface area contributed by atoms with E-state index in [0.29, 0.717) is 28.2 Å². The molecule has 1 N–H and O–H groups in total. The maximum absolute atomic E-state index is 13.0. The van der Waals surface area contributed by atoms with Gasteiger partial charge in [-0.1, -0.05) is 6.07 Å². The SMILES string of the molecule is CC1=C(C(=O)OC(C)C)C(c2cccnc2)c2c(n(C)c(=O)n(C)c2=O)N1. The summed E-state index contributed by atoms with van der Waals surface area (Å²) in [6.45, 7) is 5.25. The average molecular weight is 370 g/mol. The van der Waals surface area contributed by atoms with Crippen LogP contribution in [0.1, 0.15) is 37.8 Å².